The highest BCUT2D eigenvalue weighted by Gasteiger charge is 2.09. The van der Waals surface area contributed by atoms with E-state index in [1.807, 2.05) is 0 Å². The molecule has 1 unspecified atom stereocenters. The minimum absolute atomic E-state index is 0.822. The van der Waals surface area contributed by atoms with E-state index in [9.17, 15) is 0 Å². The Hall–Kier alpha value is 0. The van der Waals surface area contributed by atoms with Crippen LogP contribution in [-0.4, -0.2) is 0 Å². The van der Waals surface area contributed by atoms with Crippen molar-refractivity contribution in [3.05, 3.63) is 6.92 Å². The van der Waals surface area contributed by atoms with Crippen LogP contribution in [0.25, 0.3) is 0 Å². The van der Waals surface area contributed by atoms with E-state index in [0.717, 1.165) is 18.3 Å². The van der Waals surface area contributed by atoms with Crippen LogP contribution in [0.3, 0.4) is 0 Å². The van der Waals surface area contributed by atoms with E-state index in [1.54, 1.807) is 0 Å². The maximum absolute atomic E-state index is 4.04. The molecule has 0 nitrogen and oxygen atoms in total. The Bertz CT molecular complexity index is 105. The van der Waals surface area contributed by atoms with Crippen molar-refractivity contribution in [1.82, 2.24) is 0 Å². The number of unbranched alkanes of at least 4 members (excludes halogenated alkanes) is 5. The van der Waals surface area contributed by atoms with E-state index in [2.05, 4.69) is 27.7 Å². The van der Waals surface area contributed by atoms with Gasteiger partial charge in [0.1, 0.15) is 0 Å². The molecular formula is C14H29. The van der Waals surface area contributed by atoms with Crippen LogP contribution >= 0.6 is 0 Å². The standard InChI is InChI=1S/C14H29/c1-5-7-8-9-10-11-12-14(6-2)13(3)4/h13-14H,2,5-12H2,1,3-4H3. The molecule has 0 N–H and O–H groups in total. The lowest BCUT2D eigenvalue weighted by molar-refractivity contribution is 0.347. The first-order valence-corrected chi connectivity index (χ1v) is 6.51. The Morgan fingerprint density at radius 2 is 1.50 bits per heavy atom. The molecule has 0 heteroatoms. The molecule has 0 aliphatic heterocycles. The fourth-order valence-electron chi connectivity index (χ4n) is 2.00. The van der Waals surface area contributed by atoms with Crippen LogP contribution in [0.5, 0.6) is 0 Å². The molecule has 14 heavy (non-hydrogen) atoms. The van der Waals surface area contributed by atoms with Crippen molar-refractivity contribution in [3.63, 3.8) is 0 Å². The van der Waals surface area contributed by atoms with Gasteiger partial charge in [0.2, 0.25) is 0 Å². The Balaban J connectivity index is 3.25. The zero-order chi connectivity index (χ0) is 10.8. The van der Waals surface area contributed by atoms with Crippen molar-refractivity contribution < 1.29 is 0 Å². The van der Waals surface area contributed by atoms with E-state index in [1.165, 1.54) is 44.9 Å². The van der Waals surface area contributed by atoms with Gasteiger partial charge in [-0.05, 0) is 11.8 Å². The number of hydrogen-bond donors (Lipinski definition) is 0. The molecule has 0 aliphatic rings. The average Bonchev–Trinajstić information content (AvgIpc) is 2.16. The molecule has 0 amide bonds. The summed E-state index contributed by atoms with van der Waals surface area (Å²) in [5, 5.41) is 0. The van der Waals surface area contributed by atoms with Gasteiger partial charge in [-0.15, -0.1) is 0 Å². The van der Waals surface area contributed by atoms with Crippen LogP contribution in [0.15, 0.2) is 0 Å². The molecule has 0 fully saturated rings. The second-order valence-electron chi connectivity index (χ2n) is 4.85. The normalized spacial score (nSPS) is 13.5. The Morgan fingerprint density at radius 3 is 2.00 bits per heavy atom. The first kappa shape index (κ1) is 14.0. The summed E-state index contributed by atoms with van der Waals surface area (Å²) in [6, 6.07) is 0. The summed E-state index contributed by atoms with van der Waals surface area (Å²) in [5.41, 5.74) is 0. The van der Waals surface area contributed by atoms with E-state index in [4.69, 9.17) is 0 Å². The van der Waals surface area contributed by atoms with Crippen molar-refractivity contribution >= 4 is 0 Å². The van der Waals surface area contributed by atoms with Crippen LogP contribution < -0.4 is 0 Å². The monoisotopic (exact) mass is 197 g/mol. The third-order valence-electron chi connectivity index (χ3n) is 3.24. The molecule has 0 saturated heterocycles. The topological polar surface area (TPSA) is 0 Å². The first-order valence-electron chi connectivity index (χ1n) is 6.51. The molecule has 1 radical (unpaired) electrons. The van der Waals surface area contributed by atoms with Gasteiger partial charge < -0.3 is 0 Å². The van der Waals surface area contributed by atoms with Crippen LogP contribution in [0.1, 0.15) is 72.1 Å². The van der Waals surface area contributed by atoms with Gasteiger partial charge >= 0.3 is 0 Å². The minimum Gasteiger partial charge on any atom is -0.0654 e. The third kappa shape index (κ3) is 7.41. The second kappa shape index (κ2) is 9.55. The first-order chi connectivity index (χ1) is 6.72. The van der Waals surface area contributed by atoms with Gasteiger partial charge in [0.15, 0.2) is 0 Å². The average molecular weight is 197 g/mol. The fraction of sp³-hybridized carbons (Fsp3) is 0.929. The van der Waals surface area contributed by atoms with Crippen LogP contribution in [0, 0.1) is 18.8 Å². The van der Waals surface area contributed by atoms with Gasteiger partial charge in [0.05, 0.1) is 0 Å². The molecule has 0 bridgehead atoms. The zero-order valence-electron chi connectivity index (χ0n) is 10.5. The molecule has 0 spiro atoms. The van der Waals surface area contributed by atoms with Crippen molar-refractivity contribution in [1.29, 1.82) is 0 Å². The molecule has 0 aromatic heterocycles. The minimum atomic E-state index is 0.822. The van der Waals surface area contributed by atoms with E-state index >= 15 is 0 Å². The van der Waals surface area contributed by atoms with Gasteiger partial charge in [-0.25, -0.2) is 0 Å². The summed E-state index contributed by atoms with van der Waals surface area (Å²) in [7, 11) is 0. The van der Waals surface area contributed by atoms with Crippen molar-refractivity contribution in [3.8, 4) is 0 Å². The summed E-state index contributed by atoms with van der Waals surface area (Å²) < 4.78 is 0. The summed E-state index contributed by atoms with van der Waals surface area (Å²) in [6.45, 7) is 11.0. The molecule has 0 aromatic rings. The summed E-state index contributed by atoms with van der Waals surface area (Å²) >= 11 is 0. The highest BCUT2D eigenvalue weighted by atomic mass is 14.2. The Labute approximate surface area is 91.5 Å². The SMILES string of the molecule is [CH2]CC(CCCCCCCC)C(C)C. The number of hydrogen-bond acceptors (Lipinski definition) is 0. The van der Waals surface area contributed by atoms with Crippen molar-refractivity contribution in [2.75, 3.05) is 0 Å². The predicted octanol–water partition coefficient (Wildman–Crippen LogP) is 5.23. The molecule has 85 valence electrons. The van der Waals surface area contributed by atoms with Gasteiger partial charge in [0.25, 0.3) is 0 Å². The summed E-state index contributed by atoms with van der Waals surface area (Å²) in [5.74, 6) is 1.68. The van der Waals surface area contributed by atoms with Gasteiger partial charge in [0, 0.05) is 0 Å². The van der Waals surface area contributed by atoms with Gasteiger partial charge in [-0.1, -0.05) is 79.1 Å². The lowest BCUT2D eigenvalue weighted by Crippen LogP contribution is -2.07. The van der Waals surface area contributed by atoms with E-state index in [0.29, 0.717) is 0 Å². The van der Waals surface area contributed by atoms with Gasteiger partial charge in [-0.3, -0.25) is 0 Å². The summed E-state index contributed by atoms with van der Waals surface area (Å²) in [6.07, 6.45) is 11.0. The van der Waals surface area contributed by atoms with Crippen LogP contribution in [0.2, 0.25) is 0 Å². The Morgan fingerprint density at radius 1 is 0.929 bits per heavy atom. The highest BCUT2D eigenvalue weighted by molar-refractivity contribution is 4.64. The van der Waals surface area contributed by atoms with Crippen LogP contribution in [-0.2, 0) is 0 Å². The molecule has 0 aliphatic carbocycles. The quantitative estimate of drug-likeness (QED) is 0.444. The molecule has 0 saturated carbocycles. The molecular weight excluding hydrogens is 168 g/mol. The van der Waals surface area contributed by atoms with Crippen molar-refractivity contribution in [2.24, 2.45) is 11.8 Å². The number of rotatable bonds is 9. The molecule has 0 rings (SSSR count). The highest BCUT2D eigenvalue weighted by Crippen LogP contribution is 2.21. The predicted molar refractivity (Wildman–Crippen MR) is 66.3 cm³/mol. The maximum Gasteiger partial charge on any atom is -0.0391 e. The van der Waals surface area contributed by atoms with Crippen LogP contribution in [0.4, 0.5) is 0 Å². The fourth-order valence-corrected chi connectivity index (χ4v) is 2.00. The molecule has 0 aromatic carbocycles. The lowest BCUT2D eigenvalue weighted by Gasteiger charge is -2.18. The summed E-state index contributed by atoms with van der Waals surface area (Å²) in [4.78, 5) is 0. The van der Waals surface area contributed by atoms with Gasteiger partial charge in [-0.2, -0.15) is 0 Å². The van der Waals surface area contributed by atoms with E-state index < -0.39 is 0 Å². The third-order valence-corrected chi connectivity index (χ3v) is 3.24. The maximum atomic E-state index is 4.04. The second-order valence-corrected chi connectivity index (χ2v) is 4.85. The van der Waals surface area contributed by atoms with E-state index in [-0.39, 0.29) is 0 Å². The largest absolute Gasteiger partial charge is 0.0654 e. The Kier molecular flexibility index (Phi) is 9.55. The lowest BCUT2D eigenvalue weighted by atomic mass is 9.88. The zero-order valence-corrected chi connectivity index (χ0v) is 10.5. The molecule has 1 atom stereocenters. The smallest absolute Gasteiger partial charge is 0.0391 e. The molecule has 0 heterocycles. The van der Waals surface area contributed by atoms with Crippen molar-refractivity contribution in [2.45, 2.75) is 72.1 Å².